The summed E-state index contributed by atoms with van der Waals surface area (Å²) in [5.74, 6) is -0.343. The van der Waals surface area contributed by atoms with Crippen LogP contribution in [0.15, 0.2) is 36.4 Å². The van der Waals surface area contributed by atoms with Crippen LogP contribution < -0.4 is 5.73 Å². The highest BCUT2D eigenvalue weighted by Crippen LogP contribution is 2.18. The molecule has 0 amide bonds. The summed E-state index contributed by atoms with van der Waals surface area (Å²) in [4.78, 5) is 11.3. The second-order valence-electron chi connectivity index (χ2n) is 3.88. The molecule has 1 aromatic rings. The largest absolute Gasteiger partial charge is 0.465 e. The molecule has 0 aliphatic heterocycles. The number of hydrogen-bond acceptors (Lipinski definition) is 3. The van der Waals surface area contributed by atoms with Crippen LogP contribution in [0.4, 0.5) is 0 Å². The van der Waals surface area contributed by atoms with Gasteiger partial charge in [-0.25, -0.2) is 4.79 Å². The molecule has 0 fully saturated rings. The van der Waals surface area contributed by atoms with Crippen molar-refractivity contribution in [1.82, 2.24) is 0 Å². The molecule has 3 heteroatoms. The molecule has 0 saturated carbocycles. The van der Waals surface area contributed by atoms with Gasteiger partial charge in [-0.3, -0.25) is 0 Å². The Balaban J connectivity index is 2.89. The van der Waals surface area contributed by atoms with Crippen LogP contribution in [-0.4, -0.2) is 13.1 Å². The molecular weight excluding hydrogens is 202 g/mol. The molecule has 3 nitrogen and oxygen atoms in total. The molecule has 0 aliphatic rings. The smallest absolute Gasteiger partial charge is 0.337 e. The lowest BCUT2D eigenvalue weighted by Gasteiger charge is -2.12. The predicted molar refractivity (Wildman–Crippen MR) is 64.1 cm³/mol. The quantitative estimate of drug-likeness (QED) is 0.625. The van der Waals surface area contributed by atoms with E-state index in [1.807, 2.05) is 13.0 Å². The van der Waals surface area contributed by atoms with Gasteiger partial charge in [0, 0.05) is 6.04 Å². The number of benzene rings is 1. The molecule has 2 N–H and O–H groups in total. The SMILES string of the molecule is C=C(C)C[C@H](N)c1cccc(C(=O)OC)c1. The van der Waals surface area contributed by atoms with Crippen molar-refractivity contribution in [3.8, 4) is 0 Å². The molecule has 1 atom stereocenters. The van der Waals surface area contributed by atoms with Crippen molar-refractivity contribution >= 4 is 5.97 Å². The lowest BCUT2D eigenvalue weighted by atomic mass is 9.99. The first-order valence-corrected chi connectivity index (χ1v) is 5.13. The average molecular weight is 219 g/mol. The van der Waals surface area contributed by atoms with E-state index in [9.17, 15) is 4.79 Å². The van der Waals surface area contributed by atoms with E-state index in [1.54, 1.807) is 18.2 Å². The average Bonchev–Trinajstić information content (AvgIpc) is 2.27. The summed E-state index contributed by atoms with van der Waals surface area (Å²) in [6.07, 6.45) is 0.713. The molecule has 0 spiro atoms. The maximum atomic E-state index is 11.3. The van der Waals surface area contributed by atoms with Gasteiger partial charge in [0.25, 0.3) is 0 Å². The lowest BCUT2D eigenvalue weighted by Crippen LogP contribution is -2.11. The van der Waals surface area contributed by atoms with Crippen molar-refractivity contribution in [3.63, 3.8) is 0 Å². The van der Waals surface area contributed by atoms with Gasteiger partial charge in [-0.2, -0.15) is 0 Å². The van der Waals surface area contributed by atoms with Crippen molar-refractivity contribution in [2.75, 3.05) is 7.11 Å². The fourth-order valence-corrected chi connectivity index (χ4v) is 1.51. The van der Waals surface area contributed by atoms with Crippen molar-refractivity contribution in [3.05, 3.63) is 47.5 Å². The van der Waals surface area contributed by atoms with Crippen LogP contribution in [0.5, 0.6) is 0 Å². The van der Waals surface area contributed by atoms with Crippen LogP contribution in [0.3, 0.4) is 0 Å². The second-order valence-corrected chi connectivity index (χ2v) is 3.88. The Kier molecular flexibility index (Phi) is 4.26. The van der Waals surface area contributed by atoms with Crippen LogP contribution in [-0.2, 0) is 4.74 Å². The third kappa shape index (κ3) is 3.21. The minimum Gasteiger partial charge on any atom is -0.465 e. The van der Waals surface area contributed by atoms with Gasteiger partial charge in [-0.15, -0.1) is 6.58 Å². The van der Waals surface area contributed by atoms with Crippen LogP contribution in [0.2, 0.25) is 0 Å². The number of ether oxygens (including phenoxy) is 1. The van der Waals surface area contributed by atoms with Gasteiger partial charge < -0.3 is 10.5 Å². The highest BCUT2D eigenvalue weighted by molar-refractivity contribution is 5.89. The molecule has 0 bridgehead atoms. The number of nitrogens with two attached hydrogens (primary N) is 1. The Bertz CT molecular complexity index is 399. The minimum absolute atomic E-state index is 0.123. The summed E-state index contributed by atoms with van der Waals surface area (Å²) < 4.78 is 4.65. The van der Waals surface area contributed by atoms with Gasteiger partial charge in [0.05, 0.1) is 12.7 Å². The Morgan fingerprint density at radius 2 is 2.25 bits per heavy atom. The second kappa shape index (κ2) is 5.47. The zero-order valence-corrected chi connectivity index (χ0v) is 9.69. The van der Waals surface area contributed by atoms with Crippen LogP contribution in [0, 0.1) is 0 Å². The van der Waals surface area contributed by atoms with Crippen LogP contribution in [0.25, 0.3) is 0 Å². The Morgan fingerprint density at radius 1 is 1.56 bits per heavy atom. The van der Waals surface area contributed by atoms with Crippen molar-refractivity contribution < 1.29 is 9.53 Å². The summed E-state index contributed by atoms with van der Waals surface area (Å²) in [5, 5.41) is 0. The Labute approximate surface area is 95.9 Å². The van der Waals surface area contributed by atoms with Gasteiger partial charge >= 0.3 is 5.97 Å². The summed E-state index contributed by atoms with van der Waals surface area (Å²) in [5.41, 5.74) is 8.46. The zero-order chi connectivity index (χ0) is 12.1. The molecule has 0 unspecified atom stereocenters. The first kappa shape index (κ1) is 12.5. The van der Waals surface area contributed by atoms with E-state index < -0.39 is 0 Å². The number of hydrogen-bond donors (Lipinski definition) is 1. The van der Waals surface area contributed by atoms with Crippen LogP contribution in [0.1, 0.15) is 35.3 Å². The number of esters is 1. The van der Waals surface area contributed by atoms with Gasteiger partial charge in [0.1, 0.15) is 0 Å². The monoisotopic (exact) mass is 219 g/mol. The fourth-order valence-electron chi connectivity index (χ4n) is 1.51. The standard InChI is InChI=1S/C13H17NO2/c1-9(2)7-12(14)10-5-4-6-11(8-10)13(15)16-3/h4-6,8,12H,1,7,14H2,2-3H3/t12-/m0/s1. The minimum atomic E-state index is -0.343. The molecule has 0 radical (unpaired) electrons. The number of methoxy groups -OCH3 is 1. The predicted octanol–water partition coefficient (Wildman–Crippen LogP) is 2.44. The summed E-state index contributed by atoms with van der Waals surface area (Å²) in [6.45, 7) is 5.76. The summed E-state index contributed by atoms with van der Waals surface area (Å²) >= 11 is 0. The molecular formula is C13H17NO2. The zero-order valence-electron chi connectivity index (χ0n) is 9.69. The highest BCUT2D eigenvalue weighted by Gasteiger charge is 2.10. The first-order valence-electron chi connectivity index (χ1n) is 5.13. The van der Waals surface area contributed by atoms with E-state index >= 15 is 0 Å². The number of carbonyl (C=O) groups is 1. The van der Waals surface area contributed by atoms with Gasteiger partial charge in [-0.1, -0.05) is 17.7 Å². The Hall–Kier alpha value is -1.61. The number of rotatable bonds is 4. The van der Waals surface area contributed by atoms with E-state index in [1.165, 1.54) is 7.11 Å². The van der Waals surface area contributed by atoms with Gasteiger partial charge in [0.2, 0.25) is 0 Å². The van der Waals surface area contributed by atoms with Crippen LogP contribution >= 0.6 is 0 Å². The molecule has 0 heterocycles. The lowest BCUT2D eigenvalue weighted by molar-refractivity contribution is 0.0600. The van der Waals surface area contributed by atoms with Crippen molar-refractivity contribution in [2.24, 2.45) is 5.73 Å². The molecule has 1 aromatic carbocycles. The fraction of sp³-hybridized carbons (Fsp3) is 0.308. The molecule has 16 heavy (non-hydrogen) atoms. The maximum Gasteiger partial charge on any atom is 0.337 e. The molecule has 0 aromatic heterocycles. The van der Waals surface area contributed by atoms with Gasteiger partial charge in [0.15, 0.2) is 0 Å². The third-order valence-corrected chi connectivity index (χ3v) is 2.30. The summed E-state index contributed by atoms with van der Waals surface area (Å²) in [7, 11) is 1.36. The van der Waals surface area contributed by atoms with Gasteiger partial charge in [-0.05, 0) is 31.0 Å². The van der Waals surface area contributed by atoms with Crippen molar-refractivity contribution in [1.29, 1.82) is 0 Å². The summed E-state index contributed by atoms with van der Waals surface area (Å²) in [6, 6.07) is 7.06. The van der Waals surface area contributed by atoms with E-state index in [4.69, 9.17) is 5.73 Å². The van der Waals surface area contributed by atoms with E-state index in [2.05, 4.69) is 11.3 Å². The van der Waals surface area contributed by atoms with E-state index in [0.717, 1.165) is 11.1 Å². The first-order chi connectivity index (χ1) is 7.54. The topological polar surface area (TPSA) is 52.3 Å². The molecule has 0 saturated heterocycles. The Morgan fingerprint density at radius 3 is 2.81 bits per heavy atom. The molecule has 1 rings (SSSR count). The normalized spacial score (nSPS) is 11.9. The highest BCUT2D eigenvalue weighted by atomic mass is 16.5. The maximum absolute atomic E-state index is 11.3. The number of carbonyl (C=O) groups excluding carboxylic acids is 1. The van der Waals surface area contributed by atoms with E-state index in [0.29, 0.717) is 12.0 Å². The van der Waals surface area contributed by atoms with E-state index in [-0.39, 0.29) is 12.0 Å². The van der Waals surface area contributed by atoms with Crippen molar-refractivity contribution in [2.45, 2.75) is 19.4 Å². The molecule has 86 valence electrons. The third-order valence-electron chi connectivity index (χ3n) is 2.30. The molecule has 0 aliphatic carbocycles.